The highest BCUT2D eigenvalue weighted by molar-refractivity contribution is 5.95. The van der Waals surface area contributed by atoms with Crippen molar-refractivity contribution in [2.45, 2.75) is 0 Å². The fourth-order valence-electron chi connectivity index (χ4n) is 2.39. The third kappa shape index (κ3) is 1.64. The predicted octanol–water partition coefficient (Wildman–Crippen LogP) is 3.22. The fourth-order valence-corrected chi connectivity index (χ4v) is 2.39. The molecule has 0 spiro atoms. The molecule has 4 aromatic heterocycles. The lowest BCUT2D eigenvalue weighted by Gasteiger charge is -1.99. The molecule has 0 aliphatic carbocycles. The minimum absolute atomic E-state index is 0.871. The highest BCUT2D eigenvalue weighted by atomic mass is 16.3. The summed E-state index contributed by atoms with van der Waals surface area (Å²) in [5.41, 5.74) is 5.11. The Morgan fingerprint density at radius 3 is 2.90 bits per heavy atom. The molecule has 0 aromatic carbocycles. The average molecular weight is 264 g/mol. The van der Waals surface area contributed by atoms with Crippen molar-refractivity contribution >= 4 is 11.0 Å². The fraction of sp³-hybridized carbons (Fsp3) is 0.0667. The Morgan fingerprint density at radius 2 is 2.15 bits per heavy atom. The Balaban J connectivity index is 1.92. The van der Waals surface area contributed by atoms with Crippen LogP contribution < -0.4 is 0 Å². The number of furan rings is 1. The standard InChI is InChI=1S/C15H12N4O/c1-19-8-12(6-18-19)14-7-17-15-13(14)4-11(5-16-15)10-2-3-20-9-10/h2-9H,1H3,(H,16,17). The molecule has 20 heavy (non-hydrogen) atoms. The number of aromatic nitrogens is 4. The van der Waals surface area contributed by atoms with Crippen LogP contribution in [0.1, 0.15) is 0 Å². The largest absolute Gasteiger partial charge is 0.472 e. The average Bonchev–Trinajstić information content (AvgIpc) is 3.17. The maximum atomic E-state index is 5.13. The third-order valence-corrected chi connectivity index (χ3v) is 3.40. The van der Waals surface area contributed by atoms with Crippen LogP contribution in [0.3, 0.4) is 0 Å². The molecule has 0 fully saturated rings. The third-order valence-electron chi connectivity index (χ3n) is 3.40. The molecule has 98 valence electrons. The van der Waals surface area contributed by atoms with Gasteiger partial charge in [-0.2, -0.15) is 5.10 Å². The number of aryl methyl sites for hydroxylation is 1. The van der Waals surface area contributed by atoms with Gasteiger partial charge in [-0.05, 0) is 12.1 Å². The lowest BCUT2D eigenvalue weighted by atomic mass is 10.1. The smallest absolute Gasteiger partial charge is 0.137 e. The van der Waals surface area contributed by atoms with E-state index >= 15 is 0 Å². The van der Waals surface area contributed by atoms with Gasteiger partial charge in [0.05, 0.1) is 18.7 Å². The van der Waals surface area contributed by atoms with Gasteiger partial charge in [0.25, 0.3) is 0 Å². The second-order valence-electron chi connectivity index (χ2n) is 4.74. The zero-order valence-electron chi connectivity index (χ0n) is 10.9. The molecule has 0 saturated carbocycles. The van der Waals surface area contributed by atoms with Crippen molar-refractivity contribution in [3.63, 3.8) is 0 Å². The predicted molar refractivity (Wildman–Crippen MR) is 76.0 cm³/mol. The second-order valence-corrected chi connectivity index (χ2v) is 4.74. The van der Waals surface area contributed by atoms with E-state index in [1.165, 1.54) is 0 Å². The van der Waals surface area contributed by atoms with Gasteiger partial charge in [0.15, 0.2) is 0 Å². The highest BCUT2D eigenvalue weighted by Crippen LogP contribution is 2.30. The van der Waals surface area contributed by atoms with E-state index in [1.54, 1.807) is 17.2 Å². The Morgan fingerprint density at radius 1 is 1.20 bits per heavy atom. The van der Waals surface area contributed by atoms with E-state index in [9.17, 15) is 0 Å². The molecule has 5 nitrogen and oxygen atoms in total. The van der Waals surface area contributed by atoms with E-state index in [0.29, 0.717) is 0 Å². The summed E-state index contributed by atoms with van der Waals surface area (Å²) in [6, 6.07) is 4.05. The molecule has 5 heteroatoms. The van der Waals surface area contributed by atoms with Crippen LogP contribution in [0.25, 0.3) is 33.3 Å². The second kappa shape index (κ2) is 4.09. The first-order chi connectivity index (χ1) is 9.81. The quantitative estimate of drug-likeness (QED) is 0.604. The van der Waals surface area contributed by atoms with Crippen molar-refractivity contribution in [3.05, 3.63) is 49.4 Å². The van der Waals surface area contributed by atoms with Crippen LogP contribution in [0.2, 0.25) is 0 Å². The summed E-state index contributed by atoms with van der Waals surface area (Å²) in [4.78, 5) is 7.66. The zero-order chi connectivity index (χ0) is 13.5. The molecule has 0 aliphatic heterocycles. The molecular formula is C15H12N4O. The minimum Gasteiger partial charge on any atom is -0.472 e. The molecule has 4 rings (SSSR count). The summed E-state index contributed by atoms with van der Waals surface area (Å²) in [5, 5.41) is 5.30. The van der Waals surface area contributed by atoms with Crippen LogP contribution >= 0.6 is 0 Å². The van der Waals surface area contributed by atoms with Crippen molar-refractivity contribution in [2.24, 2.45) is 7.05 Å². The van der Waals surface area contributed by atoms with Gasteiger partial charge < -0.3 is 9.40 Å². The zero-order valence-corrected chi connectivity index (χ0v) is 10.9. The number of rotatable bonds is 2. The van der Waals surface area contributed by atoms with Crippen LogP contribution in [0.4, 0.5) is 0 Å². The first kappa shape index (κ1) is 11.0. The van der Waals surface area contributed by atoms with E-state index < -0.39 is 0 Å². The van der Waals surface area contributed by atoms with Gasteiger partial charge in [0.1, 0.15) is 5.65 Å². The number of aromatic amines is 1. The monoisotopic (exact) mass is 264 g/mol. The lowest BCUT2D eigenvalue weighted by molar-refractivity contribution is 0.568. The Hall–Kier alpha value is -2.82. The normalized spacial score (nSPS) is 11.2. The van der Waals surface area contributed by atoms with Gasteiger partial charge in [-0.15, -0.1) is 0 Å². The summed E-state index contributed by atoms with van der Waals surface area (Å²) < 4.78 is 6.92. The van der Waals surface area contributed by atoms with Crippen molar-refractivity contribution in [3.8, 4) is 22.3 Å². The maximum absolute atomic E-state index is 5.13. The van der Waals surface area contributed by atoms with Gasteiger partial charge in [0.2, 0.25) is 0 Å². The van der Waals surface area contributed by atoms with Crippen LogP contribution in [0, 0.1) is 0 Å². The van der Waals surface area contributed by atoms with Crippen molar-refractivity contribution in [2.75, 3.05) is 0 Å². The van der Waals surface area contributed by atoms with E-state index in [4.69, 9.17) is 4.42 Å². The first-order valence-electron chi connectivity index (χ1n) is 6.30. The summed E-state index contributed by atoms with van der Waals surface area (Å²) in [6.07, 6.45) is 11.0. The van der Waals surface area contributed by atoms with Crippen LogP contribution in [-0.4, -0.2) is 19.7 Å². The molecule has 4 heterocycles. The topological polar surface area (TPSA) is 59.6 Å². The van der Waals surface area contributed by atoms with Gasteiger partial charge in [-0.25, -0.2) is 4.98 Å². The van der Waals surface area contributed by atoms with Crippen molar-refractivity contribution < 1.29 is 4.42 Å². The van der Waals surface area contributed by atoms with Gasteiger partial charge in [0, 0.05) is 53.3 Å². The van der Waals surface area contributed by atoms with Crippen LogP contribution in [-0.2, 0) is 7.05 Å². The molecule has 4 aromatic rings. The van der Waals surface area contributed by atoms with E-state index in [2.05, 4.69) is 21.1 Å². The highest BCUT2D eigenvalue weighted by Gasteiger charge is 2.10. The van der Waals surface area contributed by atoms with Crippen molar-refractivity contribution in [1.82, 2.24) is 19.7 Å². The summed E-state index contributed by atoms with van der Waals surface area (Å²) >= 11 is 0. The van der Waals surface area contributed by atoms with Gasteiger partial charge in [-0.1, -0.05) is 0 Å². The molecule has 0 saturated heterocycles. The number of hydrogen-bond acceptors (Lipinski definition) is 3. The molecule has 0 atom stereocenters. The maximum Gasteiger partial charge on any atom is 0.137 e. The van der Waals surface area contributed by atoms with E-state index in [0.717, 1.165) is 33.3 Å². The summed E-state index contributed by atoms with van der Waals surface area (Å²) in [5.74, 6) is 0. The number of fused-ring (bicyclic) bond motifs is 1. The van der Waals surface area contributed by atoms with E-state index in [-0.39, 0.29) is 0 Å². The lowest BCUT2D eigenvalue weighted by Crippen LogP contribution is -1.84. The number of H-pyrrole nitrogens is 1. The molecule has 0 bridgehead atoms. The number of nitrogens with zero attached hydrogens (tertiary/aromatic N) is 3. The Kier molecular flexibility index (Phi) is 2.26. The number of hydrogen-bond donors (Lipinski definition) is 1. The Bertz CT molecular complexity index is 870. The minimum atomic E-state index is 0.871. The SMILES string of the molecule is Cn1cc(-c2c[nH]c3ncc(-c4ccoc4)cc23)cn1. The van der Waals surface area contributed by atoms with E-state index in [1.807, 2.05) is 37.9 Å². The van der Waals surface area contributed by atoms with Gasteiger partial charge >= 0.3 is 0 Å². The molecular weight excluding hydrogens is 252 g/mol. The molecule has 0 radical (unpaired) electrons. The number of pyridine rings is 1. The number of nitrogens with one attached hydrogen (secondary N) is 1. The van der Waals surface area contributed by atoms with Gasteiger partial charge in [-0.3, -0.25) is 4.68 Å². The summed E-state index contributed by atoms with van der Waals surface area (Å²) in [6.45, 7) is 0. The Labute approximate surface area is 114 Å². The first-order valence-corrected chi connectivity index (χ1v) is 6.30. The van der Waals surface area contributed by atoms with Crippen LogP contribution in [0.5, 0.6) is 0 Å². The van der Waals surface area contributed by atoms with Crippen LogP contribution in [0.15, 0.2) is 53.9 Å². The molecule has 1 N–H and O–H groups in total. The molecule has 0 amide bonds. The molecule has 0 aliphatic rings. The summed E-state index contributed by atoms with van der Waals surface area (Å²) in [7, 11) is 1.91. The van der Waals surface area contributed by atoms with Crippen molar-refractivity contribution in [1.29, 1.82) is 0 Å². The molecule has 0 unspecified atom stereocenters.